The van der Waals surface area contributed by atoms with Crippen molar-refractivity contribution in [1.82, 2.24) is 4.98 Å². The quantitative estimate of drug-likeness (QED) is 0.891. The lowest BCUT2D eigenvalue weighted by Crippen LogP contribution is -1.97. The predicted molar refractivity (Wildman–Crippen MR) is 61.6 cm³/mol. The van der Waals surface area contributed by atoms with E-state index in [4.69, 9.17) is 16.7 Å². The fourth-order valence-corrected chi connectivity index (χ4v) is 1.57. The van der Waals surface area contributed by atoms with Crippen LogP contribution in [0.15, 0.2) is 36.7 Å². The van der Waals surface area contributed by atoms with Gasteiger partial charge in [-0.15, -0.1) is 0 Å². The molecule has 0 aliphatic rings. The number of hydrogen-bond acceptors (Lipinski definition) is 2. The molecule has 2 rings (SSSR count). The van der Waals surface area contributed by atoms with Gasteiger partial charge in [0.15, 0.2) is 0 Å². The van der Waals surface area contributed by atoms with Gasteiger partial charge in [0.2, 0.25) is 0 Å². The number of nitrogens with zero attached hydrogens (tertiary/aromatic N) is 1. The molecule has 1 aromatic heterocycles. The van der Waals surface area contributed by atoms with Crippen molar-refractivity contribution in [3.05, 3.63) is 53.1 Å². The standard InChI is InChI=1S/C12H7ClFNO2/c13-10-4-7(1-2-11(10)14)8-3-9(12(16)17)6-15-5-8/h1-6H,(H,16,17). The Morgan fingerprint density at radius 2 is 2.00 bits per heavy atom. The average Bonchev–Trinajstić information content (AvgIpc) is 2.33. The number of halogens is 2. The summed E-state index contributed by atoms with van der Waals surface area (Å²) in [4.78, 5) is 14.6. The van der Waals surface area contributed by atoms with Crippen LogP contribution in [0.4, 0.5) is 4.39 Å². The molecule has 0 aliphatic carbocycles. The molecule has 1 N–H and O–H groups in total. The van der Waals surface area contributed by atoms with Crippen LogP contribution in [0.2, 0.25) is 5.02 Å². The molecule has 0 fully saturated rings. The van der Waals surface area contributed by atoms with Crippen molar-refractivity contribution in [2.45, 2.75) is 0 Å². The molecule has 5 heteroatoms. The fraction of sp³-hybridized carbons (Fsp3) is 0. The second-order valence-electron chi connectivity index (χ2n) is 3.40. The Labute approximate surface area is 101 Å². The van der Waals surface area contributed by atoms with Gasteiger partial charge < -0.3 is 5.11 Å². The van der Waals surface area contributed by atoms with Crippen LogP contribution in [0.3, 0.4) is 0 Å². The summed E-state index contributed by atoms with van der Waals surface area (Å²) in [6.45, 7) is 0. The lowest BCUT2D eigenvalue weighted by atomic mass is 10.1. The molecular formula is C12H7ClFNO2. The molecule has 0 spiro atoms. The summed E-state index contributed by atoms with van der Waals surface area (Å²) in [5.41, 5.74) is 1.27. The van der Waals surface area contributed by atoms with Crippen LogP contribution >= 0.6 is 11.6 Å². The normalized spacial score (nSPS) is 10.2. The van der Waals surface area contributed by atoms with E-state index in [9.17, 15) is 9.18 Å². The van der Waals surface area contributed by atoms with Crippen LogP contribution in [0, 0.1) is 5.82 Å². The molecule has 0 bridgehead atoms. The highest BCUT2D eigenvalue weighted by Gasteiger charge is 2.07. The fourth-order valence-electron chi connectivity index (χ4n) is 1.39. The largest absolute Gasteiger partial charge is 0.478 e. The van der Waals surface area contributed by atoms with Crippen molar-refractivity contribution in [1.29, 1.82) is 0 Å². The molecule has 0 aliphatic heterocycles. The molecule has 17 heavy (non-hydrogen) atoms. The van der Waals surface area contributed by atoms with E-state index in [1.165, 1.54) is 36.7 Å². The van der Waals surface area contributed by atoms with Gasteiger partial charge in [0.05, 0.1) is 10.6 Å². The molecule has 0 radical (unpaired) electrons. The van der Waals surface area contributed by atoms with Crippen molar-refractivity contribution in [3.8, 4) is 11.1 Å². The second-order valence-corrected chi connectivity index (χ2v) is 3.80. The van der Waals surface area contributed by atoms with Crippen LogP contribution in [-0.4, -0.2) is 16.1 Å². The van der Waals surface area contributed by atoms with Gasteiger partial charge in [-0.05, 0) is 23.8 Å². The van der Waals surface area contributed by atoms with Crippen LogP contribution in [0.5, 0.6) is 0 Å². The summed E-state index contributed by atoms with van der Waals surface area (Å²) in [5, 5.41) is 8.82. The Morgan fingerprint density at radius 1 is 1.24 bits per heavy atom. The summed E-state index contributed by atoms with van der Waals surface area (Å²) < 4.78 is 13.0. The van der Waals surface area contributed by atoms with Crippen LogP contribution < -0.4 is 0 Å². The zero-order chi connectivity index (χ0) is 12.4. The first-order chi connectivity index (χ1) is 8.08. The first-order valence-electron chi connectivity index (χ1n) is 4.71. The first-order valence-corrected chi connectivity index (χ1v) is 5.09. The van der Waals surface area contributed by atoms with Crippen molar-refractivity contribution in [2.75, 3.05) is 0 Å². The number of hydrogen-bond donors (Lipinski definition) is 1. The lowest BCUT2D eigenvalue weighted by molar-refractivity contribution is 0.0696. The van der Waals surface area contributed by atoms with E-state index >= 15 is 0 Å². The zero-order valence-electron chi connectivity index (χ0n) is 8.52. The average molecular weight is 252 g/mol. The molecule has 0 saturated heterocycles. The van der Waals surface area contributed by atoms with Crippen LogP contribution in [0.25, 0.3) is 11.1 Å². The minimum atomic E-state index is -1.06. The Kier molecular flexibility index (Phi) is 3.06. The van der Waals surface area contributed by atoms with Crippen molar-refractivity contribution in [3.63, 3.8) is 0 Å². The van der Waals surface area contributed by atoms with E-state index in [-0.39, 0.29) is 10.6 Å². The molecule has 0 amide bonds. The maximum Gasteiger partial charge on any atom is 0.337 e. The van der Waals surface area contributed by atoms with Crippen LogP contribution in [0.1, 0.15) is 10.4 Å². The molecule has 86 valence electrons. The minimum Gasteiger partial charge on any atom is -0.478 e. The van der Waals surface area contributed by atoms with E-state index in [0.29, 0.717) is 11.1 Å². The number of carboxylic acid groups (broad SMARTS) is 1. The van der Waals surface area contributed by atoms with Gasteiger partial charge >= 0.3 is 5.97 Å². The third-order valence-corrected chi connectivity index (χ3v) is 2.53. The first kappa shape index (κ1) is 11.5. The number of carboxylic acids is 1. The zero-order valence-corrected chi connectivity index (χ0v) is 9.28. The minimum absolute atomic E-state index is 0.0109. The topological polar surface area (TPSA) is 50.2 Å². The Hall–Kier alpha value is -1.94. The molecule has 1 aromatic carbocycles. The smallest absolute Gasteiger partial charge is 0.337 e. The van der Waals surface area contributed by atoms with Gasteiger partial charge in [-0.2, -0.15) is 0 Å². The maximum absolute atomic E-state index is 13.0. The van der Waals surface area contributed by atoms with E-state index in [1.807, 2.05) is 0 Å². The summed E-state index contributed by atoms with van der Waals surface area (Å²) >= 11 is 5.65. The Morgan fingerprint density at radius 3 is 2.65 bits per heavy atom. The summed E-state index contributed by atoms with van der Waals surface area (Å²) in [5.74, 6) is -1.58. The van der Waals surface area contributed by atoms with Gasteiger partial charge in [-0.3, -0.25) is 4.98 Å². The summed E-state index contributed by atoms with van der Waals surface area (Å²) in [6.07, 6.45) is 2.74. The van der Waals surface area contributed by atoms with E-state index in [1.54, 1.807) is 0 Å². The van der Waals surface area contributed by atoms with Crippen molar-refractivity contribution < 1.29 is 14.3 Å². The lowest BCUT2D eigenvalue weighted by Gasteiger charge is -2.03. The van der Waals surface area contributed by atoms with E-state index in [2.05, 4.69) is 4.98 Å². The number of carbonyl (C=O) groups is 1. The molecule has 0 saturated carbocycles. The highest BCUT2D eigenvalue weighted by atomic mass is 35.5. The van der Waals surface area contributed by atoms with E-state index < -0.39 is 11.8 Å². The van der Waals surface area contributed by atoms with Gasteiger partial charge in [0.25, 0.3) is 0 Å². The summed E-state index contributed by atoms with van der Waals surface area (Å²) in [7, 11) is 0. The van der Waals surface area contributed by atoms with Gasteiger partial charge in [-0.25, -0.2) is 9.18 Å². The second kappa shape index (κ2) is 4.51. The molecule has 0 unspecified atom stereocenters. The highest BCUT2D eigenvalue weighted by Crippen LogP contribution is 2.24. The number of pyridine rings is 1. The number of aromatic carboxylic acids is 1. The SMILES string of the molecule is O=C(O)c1cncc(-c2ccc(F)c(Cl)c2)c1. The van der Waals surface area contributed by atoms with Crippen molar-refractivity contribution in [2.24, 2.45) is 0 Å². The number of aromatic nitrogens is 1. The molecule has 1 heterocycles. The number of rotatable bonds is 2. The van der Waals surface area contributed by atoms with Crippen molar-refractivity contribution >= 4 is 17.6 Å². The van der Waals surface area contributed by atoms with Gasteiger partial charge in [0, 0.05) is 18.0 Å². The Balaban J connectivity index is 2.49. The molecular weight excluding hydrogens is 245 g/mol. The number of benzene rings is 1. The third-order valence-electron chi connectivity index (χ3n) is 2.24. The summed E-state index contributed by atoms with van der Waals surface area (Å²) in [6, 6.07) is 5.63. The highest BCUT2D eigenvalue weighted by molar-refractivity contribution is 6.31. The predicted octanol–water partition coefficient (Wildman–Crippen LogP) is 3.24. The monoisotopic (exact) mass is 251 g/mol. The van der Waals surface area contributed by atoms with Gasteiger partial charge in [-0.1, -0.05) is 17.7 Å². The van der Waals surface area contributed by atoms with Crippen LogP contribution in [-0.2, 0) is 0 Å². The molecule has 0 atom stereocenters. The van der Waals surface area contributed by atoms with E-state index in [0.717, 1.165) is 0 Å². The maximum atomic E-state index is 13.0. The van der Waals surface area contributed by atoms with Gasteiger partial charge in [0.1, 0.15) is 5.82 Å². The Bertz CT molecular complexity index is 586. The molecule has 2 aromatic rings. The molecule has 3 nitrogen and oxygen atoms in total. The third kappa shape index (κ3) is 2.42.